The lowest BCUT2D eigenvalue weighted by Gasteiger charge is -2.21. The fourth-order valence-electron chi connectivity index (χ4n) is 3.23. The summed E-state index contributed by atoms with van der Waals surface area (Å²) < 4.78 is 5.89. The van der Waals surface area contributed by atoms with Crippen molar-refractivity contribution < 1.29 is 9.53 Å². The molecule has 3 aliphatic rings. The zero-order valence-electron chi connectivity index (χ0n) is 9.77. The molecule has 3 heterocycles. The fraction of sp³-hybridized carbons (Fsp3) is 0.750. The molecule has 0 spiro atoms. The number of ether oxygens (including phenoxy) is 1. The Morgan fingerprint density at radius 1 is 1.44 bits per heavy atom. The van der Waals surface area contributed by atoms with Gasteiger partial charge in [-0.2, -0.15) is 0 Å². The summed E-state index contributed by atoms with van der Waals surface area (Å²) in [5.74, 6) is 0.0213. The largest absolute Gasteiger partial charge is 0.370 e. The van der Waals surface area contributed by atoms with Crippen LogP contribution >= 0.6 is 0 Å². The second-order valence-corrected chi connectivity index (χ2v) is 5.24. The number of carbonyl (C=O) groups is 1. The maximum absolute atomic E-state index is 11.7. The Hall–Kier alpha value is -0.870. The lowest BCUT2D eigenvalue weighted by Crippen LogP contribution is -2.44. The molecule has 3 fully saturated rings. The van der Waals surface area contributed by atoms with Crippen LogP contribution in [0.25, 0.3) is 0 Å². The minimum absolute atomic E-state index is 0.0213. The van der Waals surface area contributed by atoms with Crippen molar-refractivity contribution in [2.75, 3.05) is 13.1 Å². The van der Waals surface area contributed by atoms with Crippen LogP contribution in [0, 0.1) is 0 Å². The lowest BCUT2D eigenvalue weighted by atomic mass is 10.1. The normalized spacial score (nSPS) is 40.1. The first kappa shape index (κ1) is 10.3. The van der Waals surface area contributed by atoms with Gasteiger partial charge in [0.15, 0.2) is 0 Å². The van der Waals surface area contributed by atoms with E-state index in [4.69, 9.17) is 4.74 Å². The van der Waals surface area contributed by atoms with Gasteiger partial charge in [0, 0.05) is 19.2 Å². The maximum Gasteiger partial charge on any atom is 0.244 e. The minimum Gasteiger partial charge on any atom is -0.370 e. The highest BCUT2D eigenvalue weighted by atomic mass is 16.5. The van der Waals surface area contributed by atoms with Crippen molar-refractivity contribution in [3.8, 4) is 0 Å². The number of hydrogen-bond acceptors (Lipinski definition) is 3. The van der Waals surface area contributed by atoms with Crippen LogP contribution in [-0.4, -0.2) is 48.2 Å². The van der Waals surface area contributed by atoms with Crippen LogP contribution in [0.3, 0.4) is 0 Å². The molecule has 4 atom stereocenters. The summed E-state index contributed by atoms with van der Waals surface area (Å²) in [6, 6.07) is 0.634. The van der Waals surface area contributed by atoms with Gasteiger partial charge >= 0.3 is 0 Å². The van der Waals surface area contributed by atoms with Crippen molar-refractivity contribution in [1.29, 1.82) is 0 Å². The summed E-state index contributed by atoms with van der Waals surface area (Å²) in [5.41, 5.74) is 1.03. The number of hydrogen-bond donors (Lipinski definition) is 1. The van der Waals surface area contributed by atoms with Gasteiger partial charge in [0.2, 0.25) is 5.91 Å². The molecule has 16 heavy (non-hydrogen) atoms. The van der Waals surface area contributed by atoms with Crippen LogP contribution in [0.2, 0.25) is 0 Å². The van der Waals surface area contributed by atoms with Crippen molar-refractivity contribution in [1.82, 2.24) is 10.2 Å². The van der Waals surface area contributed by atoms with E-state index < -0.39 is 0 Å². The molecule has 0 radical (unpaired) electrons. The highest BCUT2D eigenvalue weighted by Crippen LogP contribution is 2.39. The molecule has 0 saturated carbocycles. The molecular formula is C12H18N2O2. The highest BCUT2D eigenvalue weighted by molar-refractivity contribution is 5.88. The van der Waals surface area contributed by atoms with Crippen LogP contribution in [0.4, 0.5) is 0 Å². The van der Waals surface area contributed by atoms with E-state index in [9.17, 15) is 4.79 Å². The first-order chi connectivity index (χ1) is 7.65. The Bertz CT molecular complexity index is 335. The van der Waals surface area contributed by atoms with Crippen molar-refractivity contribution in [3.63, 3.8) is 0 Å². The van der Waals surface area contributed by atoms with Gasteiger partial charge in [0.05, 0.1) is 24.3 Å². The Balaban J connectivity index is 1.69. The predicted octanol–water partition coefficient (Wildman–Crippen LogP) is 0.293. The molecule has 88 valence electrons. The Morgan fingerprint density at radius 2 is 2.25 bits per heavy atom. The molecule has 3 saturated heterocycles. The number of rotatable bonds is 2. The van der Waals surface area contributed by atoms with Crippen LogP contribution in [0.15, 0.2) is 11.6 Å². The number of carbonyl (C=O) groups excluding carboxylic acids is 1. The number of amides is 1. The van der Waals surface area contributed by atoms with Crippen molar-refractivity contribution in [3.05, 3.63) is 11.6 Å². The van der Waals surface area contributed by atoms with Crippen molar-refractivity contribution >= 4 is 5.91 Å². The summed E-state index contributed by atoms with van der Waals surface area (Å²) >= 11 is 0. The Morgan fingerprint density at radius 3 is 2.94 bits per heavy atom. The van der Waals surface area contributed by atoms with Gasteiger partial charge in [-0.3, -0.25) is 9.69 Å². The molecule has 0 aromatic heterocycles. The summed E-state index contributed by atoms with van der Waals surface area (Å²) in [6.45, 7) is 5.99. The van der Waals surface area contributed by atoms with E-state index in [0.717, 1.165) is 25.1 Å². The summed E-state index contributed by atoms with van der Waals surface area (Å²) in [7, 11) is 0. The van der Waals surface area contributed by atoms with E-state index in [1.54, 1.807) is 6.08 Å². The Kier molecular flexibility index (Phi) is 2.30. The number of morpholine rings is 1. The maximum atomic E-state index is 11.7. The lowest BCUT2D eigenvalue weighted by molar-refractivity contribution is -0.117. The molecular weight excluding hydrogens is 204 g/mol. The average Bonchev–Trinajstić information content (AvgIpc) is 2.73. The molecule has 1 amide bonds. The average molecular weight is 222 g/mol. The Labute approximate surface area is 95.6 Å². The molecule has 0 aromatic carbocycles. The third-order valence-electron chi connectivity index (χ3n) is 3.76. The van der Waals surface area contributed by atoms with E-state index in [0.29, 0.717) is 12.1 Å². The van der Waals surface area contributed by atoms with Gasteiger partial charge in [-0.1, -0.05) is 5.57 Å². The second-order valence-electron chi connectivity index (χ2n) is 5.24. The third-order valence-corrected chi connectivity index (χ3v) is 3.76. The first-order valence-electron chi connectivity index (χ1n) is 6.00. The molecule has 4 heteroatoms. The van der Waals surface area contributed by atoms with Crippen molar-refractivity contribution in [2.24, 2.45) is 0 Å². The van der Waals surface area contributed by atoms with Crippen LogP contribution in [-0.2, 0) is 9.53 Å². The van der Waals surface area contributed by atoms with Gasteiger partial charge in [0.25, 0.3) is 0 Å². The minimum atomic E-state index is 0.0213. The fourth-order valence-corrected chi connectivity index (χ4v) is 3.23. The van der Waals surface area contributed by atoms with Gasteiger partial charge in [-0.05, 0) is 20.3 Å². The van der Waals surface area contributed by atoms with Gasteiger partial charge in [-0.15, -0.1) is 0 Å². The van der Waals surface area contributed by atoms with Gasteiger partial charge in [-0.25, -0.2) is 0 Å². The topological polar surface area (TPSA) is 41.6 Å². The summed E-state index contributed by atoms with van der Waals surface area (Å²) in [6.07, 6.45) is 3.35. The molecule has 2 bridgehead atoms. The third kappa shape index (κ3) is 1.48. The van der Waals surface area contributed by atoms with E-state index in [1.165, 1.54) is 0 Å². The number of allylic oxidation sites excluding steroid dienone is 1. The van der Waals surface area contributed by atoms with Crippen LogP contribution in [0.5, 0.6) is 0 Å². The molecule has 0 aliphatic carbocycles. The van der Waals surface area contributed by atoms with Gasteiger partial charge in [0.1, 0.15) is 0 Å². The summed E-state index contributed by atoms with van der Waals surface area (Å²) in [4.78, 5) is 14.2. The SMILES string of the molecule is CC(C)=CC(=O)N[C@@H]1[C@H]2[C@@H]3CCN2C[C@H]1O3. The molecule has 0 aromatic rings. The van der Waals surface area contributed by atoms with Crippen molar-refractivity contribution in [2.45, 2.75) is 44.6 Å². The quantitative estimate of drug-likeness (QED) is 0.683. The smallest absolute Gasteiger partial charge is 0.244 e. The monoisotopic (exact) mass is 222 g/mol. The molecule has 1 N–H and O–H groups in total. The number of fused-ring (bicyclic) bond motifs is 1. The number of nitrogens with one attached hydrogen (secondary N) is 1. The number of nitrogens with zero attached hydrogens (tertiary/aromatic N) is 1. The molecule has 4 nitrogen and oxygen atoms in total. The van der Waals surface area contributed by atoms with Crippen LogP contribution < -0.4 is 5.32 Å². The zero-order valence-corrected chi connectivity index (χ0v) is 9.77. The van der Waals surface area contributed by atoms with Crippen LogP contribution in [0.1, 0.15) is 20.3 Å². The summed E-state index contributed by atoms with van der Waals surface area (Å²) in [5, 5.41) is 3.09. The standard InChI is InChI=1S/C12H18N2O2/c1-7(2)5-10(15)13-11-9-6-14-4-3-8(16-9)12(11)14/h5,8-9,11-12H,3-4,6H2,1-2H3,(H,13,15)/t8-,9+,11-,12+/m0/s1. The molecule has 0 unspecified atom stereocenters. The van der Waals surface area contributed by atoms with E-state index >= 15 is 0 Å². The van der Waals surface area contributed by atoms with Gasteiger partial charge < -0.3 is 10.1 Å². The highest BCUT2D eigenvalue weighted by Gasteiger charge is 2.57. The predicted molar refractivity (Wildman–Crippen MR) is 60.0 cm³/mol. The first-order valence-corrected chi connectivity index (χ1v) is 6.00. The molecule has 3 aliphatic heterocycles. The second kappa shape index (κ2) is 3.57. The molecule has 3 rings (SSSR count). The van der Waals surface area contributed by atoms with E-state index in [2.05, 4.69) is 10.2 Å². The van der Waals surface area contributed by atoms with E-state index in [-0.39, 0.29) is 18.1 Å². The zero-order chi connectivity index (χ0) is 11.3. The van der Waals surface area contributed by atoms with E-state index in [1.807, 2.05) is 13.8 Å².